The van der Waals surface area contributed by atoms with Gasteiger partial charge < -0.3 is 38.7 Å². The molecule has 282 valence electrons. The van der Waals surface area contributed by atoms with Gasteiger partial charge in [0, 0.05) is 55.9 Å². The average molecular weight is 736 g/mol. The highest BCUT2D eigenvalue weighted by molar-refractivity contribution is 6.72. The molecular formula is C40H54FN3O7Si. The zero-order valence-electron chi connectivity index (χ0n) is 31.0. The molecule has 5 rings (SSSR count). The van der Waals surface area contributed by atoms with Gasteiger partial charge in [0.25, 0.3) is 0 Å². The van der Waals surface area contributed by atoms with E-state index in [-0.39, 0.29) is 43.9 Å². The second-order valence-corrected chi connectivity index (χ2v) is 18.1. The van der Waals surface area contributed by atoms with Crippen LogP contribution in [0.1, 0.15) is 55.9 Å². The number of fused-ring (bicyclic) bond motifs is 2. The molecule has 2 unspecified atom stereocenters. The molecule has 3 aromatic carbocycles. The van der Waals surface area contributed by atoms with Gasteiger partial charge in [0.2, 0.25) is 20.2 Å². The van der Waals surface area contributed by atoms with Crippen molar-refractivity contribution in [2.75, 3.05) is 44.9 Å². The normalized spacial score (nSPS) is 20.5. The molecule has 3 aromatic rings. The number of hydrogen-bond acceptors (Lipinski definition) is 8. The van der Waals surface area contributed by atoms with Gasteiger partial charge in [0.1, 0.15) is 17.6 Å². The van der Waals surface area contributed by atoms with Gasteiger partial charge in [-0.15, -0.1) is 0 Å². The monoisotopic (exact) mass is 735 g/mol. The van der Waals surface area contributed by atoms with Crippen molar-refractivity contribution in [1.82, 2.24) is 10.2 Å². The quantitative estimate of drug-likeness (QED) is 0.0868. The first kappa shape index (κ1) is 39.4. The summed E-state index contributed by atoms with van der Waals surface area (Å²) in [6, 6.07) is 20.4. The van der Waals surface area contributed by atoms with Crippen molar-refractivity contribution < 1.29 is 38.1 Å². The second kappa shape index (κ2) is 17.8. The Morgan fingerprint density at radius 3 is 2.54 bits per heavy atom. The number of carbonyl (C=O) groups excluding carboxylic acids is 2. The van der Waals surface area contributed by atoms with Crippen molar-refractivity contribution >= 4 is 31.6 Å². The molecule has 10 nitrogen and oxygen atoms in total. The Hall–Kier alpha value is -3.81. The number of anilines is 2. The molecular weight excluding hydrogens is 682 g/mol. The molecule has 2 aliphatic rings. The minimum Gasteiger partial charge on any atom is -0.494 e. The van der Waals surface area contributed by atoms with Crippen LogP contribution in [0.25, 0.3) is 0 Å². The zero-order chi connectivity index (χ0) is 37.4. The maximum Gasteiger partial charge on any atom is 0.249 e. The molecule has 52 heavy (non-hydrogen) atoms. The van der Waals surface area contributed by atoms with E-state index in [0.717, 1.165) is 34.5 Å². The first-order valence-corrected chi connectivity index (χ1v) is 21.3. The van der Waals surface area contributed by atoms with Crippen molar-refractivity contribution in [2.24, 2.45) is 5.92 Å². The summed E-state index contributed by atoms with van der Waals surface area (Å²) < 4.78 is 34.9. The number of carbonyl (C=O) groups is 2. The van der Waals surface area contributed by atoms with Gasteiger partial charge in [-0.05, 0) is 93.4 Å². The number of amides is 2. The molecule has 0 saturated carbocycles. The Bertz CT molecular complexity index is 1660. The molecule has 2 amide bonds. The number of aliphatic hydroxyl groups excluding tert-OH is 2. The van der Waals surface area contributed by atoms with Crippen LogP contribution in [0.4, 0.5) is 15.5 Å². The van der Waals surface area contributed by atoms with Crippen LogP contribution in [0, 0.1) is 5.92 Å². The Labute approximate surface area is 308 Å². The molecule has 3 N–H and O–H groups in total. The third-order valence-corrected chi connectivity index (χ3v) is 12.5. The number of benzene rings is 3. The van der Waals surface area contributed by atoms with Crippen LogP contribution in [-0.4, -0.2) is 87.5 Å². The lowest BCUT2D eigenvalue weighted by molar-refractivity contribution is -0.133. The zero-order valence-corrected chi connectivity index (χ0v) is 32.0. The van der Waals surface area contributed by atoms with E-state index >= 15 is 4.11 Å². The lowest BCUT2D eigenvalue weighted by Crippen LogP contribution is -2.50. The van der Waals surface area contributed by atoms with Gasteiger partial charge >= 0.3 is 0 Å². The van der Waals surface area contributed by atoms with E-state index in [4.69, 9.17) is 14.2 Å². The number of methoxy groups -OCH3 is 1. The smallest absolute Gasteiger partial charge is 0.249 e. The van der Waals surface area contributed by atoms with E-state index in [9.17, 15) is 19.8 Å². The maximum atomic E-state index is 16.3. The van der Waals surface area contributed by atoms with Crippen LogP contribution in [0.3, 0.4) is 0 Å². The molecule has 12 heteroatoms. The fourth-order valence-electron chi connectivity index (χ4n) is 7.51. The van der Waals surface area contributed by atoms with Crippen molar-refractivity contribution in [1.29, 1.82) is 0 Å². The summed E-state index contributed by atoms with van der Waals surface area (Å²) in [5.74, 6) is 0.610. The highest BCUT2D eigenvalue weighted by atomic mass is 28.4. The van der Waals surface area contributed by atoms with Crippen molar-refractivity contribution in [3.63, 3.8) is 0 Å². The van der Waals surface area contributed by atoms with E-state index < -0.39 is 32.2 Å². The van der Waals surface area contributed by atoms with E-state index in [1.807, 2.05) is 80.6 Å². The minimum absolute atomic E-state index is 0.0586. The Morgan fingerprint density at radius 2 is 1.87 bits per heavy atom. The van der Waals surface area contributed by atoms with Crippen LogP contribution >= 0.6 is 0 Å². The number of rotatable bonds is 17. The topological polar surface area (TPSA) is 121 Å². The third kappa shape index (κ3) is 9.03. The molecule has 0 aliphatic carbocycles. The van der Waals surface area contributed by atoms with E-state index in [0.29, 0.717) is 44.0 Å². The minimum atomic E-state index is -3.50. The molecule has 0 saturated heterocycles. The lowest BCUT2D eigenvalue weighted by atomic mass is 9.86. The molecule has 0 spiro atoms. The first-order chi connectivity index (χ1) is 25.0. The summed E-state index contributed by atoms with van der Waals surface area (Å²) in [4.78, 5) is 31.3. The first-order valence-electron chi connectivity index (χ1n) is 18.4. The number of hydrogen-bond donors (Lipinski definition) is 3. The summed E-state index contributed by atoms with van der Waals surface area (Å²) in [6.07, 6.45) is 0.700. The fourth-order valence-corrected chi connectivity index (χ4v) is 9.32. The summed E-state index contributed by atoms with van der Waals surface area (Å²) >= 11 is 0. The molecule has 5 atom stereocenters. The third-order valence-electron chi connectivity index (χ3n) is 10.2. The lowest BCUT2D eigenvalue weighted by Gasteiger charge is -2.43. The van der Waals surface area contributed by atoms with Crippen LogP contribution < -0.4 is 19.7 Å². The van der Waals surface area contributed by atoms with Crippen LogP contribution in [0.5, 0.6) is 11.5 Å². The molecule has 0 fully saturated rings. The molecule has 2 aliphatic heterocycles. The summed E-state index contributed by atoms with van der Waals surface area (Å²) in [5, 5.41) is 22.4. The number of nitrogens with zero attached hydrogens (tertiary/aromatic N) is 2. The summed E-state index contributed by atoms with van der Waals surface area (Å²) in [7, 11) is -1.88. The predicted molar refractivity (Wildman–Crippen MR) is 202 cm³/mol. The average Bonchev–Trinajstić information content (AvgIpc) is 3.12. The van der Waals surface area contributed by atoms with Crippen LogP contribution in [0.2, 0.25) is 18.6 Å². The SMILES string of the molecule is CCOc1ccc2c(c1)CC(NCCCCO)C(=O)N2c1ccc2c(c1)[C@@H](OC)[C@H](C)[C@@H](C(CC(=O)N(CCO)Cc1ccccc1)[Si](C)(C)F)O2. The number of nitrogens with one attached hydrogen (secondary N) is 1. The predicted octanol–water partition coefficient (Wildman–Crippen LogP) is 6.08. The maximum absolute atomic E-state index is 16.3. The molecule has 0 radical (unpaired) electrons. The van der Waals surface area contributed by atoms with Crippen molar-refractivity contribution in [3.8, 4) is 11.5 Å². The number of aliphatic hydroxyl groups is 2. The Morgan fingerprint density at radius 1 is 1.10 bits per heavy atom. The van der Waals surface area contributed by atoms with Gasteiger partial charge in [-0.1, -0.05) is 37.3 Å². The van der Waals surface area contributed by atoms with Gasteiger partial charge in [-0.3, -0.25) is 14.5 Å². The van der Waals surface area contributed by atoms with Crippen molar-refractivity contribution in [2.45, 2.75) is 83.0 Å². The van der Waals surface area contributed by atoms with E-state index in [2.05, 4.69) is 5.32 Å². The largest absolute Gasteiger partial charge is 0.494 e. The van der Waals surface area contributed by atoms with E-state index in [1.54, 1.807) is 30.0 Å². The highest BCUT2D eigenvalue weighted by Gasteiger charge is 2.49. The van der Waals surface area contributed by atoms with Gasteiger partial charge in [-0.2, -0.15) is 0 Å². The van der Waals surface area contributed by atoms with Gasteiger partial charge in [-0.25, -0.2) is 0 Å². The molecule has 0 aromatic heterocycles. The Balaban J connectivity index is 1.45. The molecule has 2 heterocycles. The number of unbranched alkanes of at least 4 members (excludes halogenated alkanes) is 1. The van der Waals surface area contributed by atoms with Gasteiger partial charge in [0.15, 0.2) is 0 Å². The summed E-state index contributed by atoms with van der Waals surface area (Å²) in [6.45, 7) is 8.60. The van der Waals surface area contributed by atoms with Crippen LogP contribution in [0.15, 0.2) is 66.7 Å². The number of ether oxygens (including phenoxy) is 3. The standard InChI is InChI=1S/C40H54FN3O7Si/c1-6-50-31-15-16-34-29(22-31)23-33(42-18-10-11-20-45)40(48)44(34)30-14-17-35-32(24-30)38(49-3)27(2)39(51-35)36(52(4,5)41)25-37(47)43(19-21-46)26-28-12-8-7-9-13-28/h7-9,12-17,22,24,27,33,36,38-39,42,45-46H,6,10-11,18-21,23,25-26H2,1-5H3/t27-,33?,36?,38-,39-/m0/s1. The summed E-state index contributed by atoms with van der Waals surface area (Å²) in [5.41, 5.74) is 3.38. The fraction of sp³-hybridized carbons (Fsp3) is 0.500. The highest BCUT2D eigenvalue weighted by Crippen LogP contribution is 2.49. The van der Waals surface area contributed by atoms with Gasteiger partial charge in [0.05, 0.1) is 31.0 Å². The molecule has 0 bridgehead atoms. The Kier molecular flexibility index (Phi) is 13.5. The number of halogens is 1. The van der Waals surface area contributed by atoms with E-state index in [1.165, 1.54) is 0 Å². The van der Waals surface area contributed by atoms with Crippen molar-refractivity contribution in [3.05, 3.63) is 83.4 Å². The second-order valence-electron chi connectivity index (χ2n) is 14.3. The van der Waals surface area contributed by atoms with Crippen LogP contribution in [-0.2, 0) is 27.3 Å².